The lowest BCUT2D eigenvalue weighted by atomic mass is 9.98. The second-order valence-corrected chi connectivity index (χ2v) is 9.97. The van der Waals surface area contributed by atoms with E-state index in [1.54, 1.807) is 6.20 Å². The lowest BCUT2D eigenvalue weighted by molar-refractivity contribution is 0.0946. The average Bonchev–Trinajstić information content (AvgIpc) is 2.89. The Morgan fingerprint density at radius 1 is 1.09 bits per heavy atom. The van der Waals surface area contributed by atoms with Crippen molar-refractivity contribution in [2.75, 3.05) is 11.9 Å². The van der Waals surface area contributed by atoms with Gasteiger partial charge in [-0.3, -0.25) is 9.78 Å². The molecule has 0 aliphatic heterocycles. The minimum absolute atomic E-state index is 0.225. The normalized spacial score (nSPS) is 14.1. The van der Waals surface area contributed by atoms with Gasteiger partial charge < -0.3 is 15.4 Å². The fourth-order valence-electron chi connectivity index (χ4n) is 4.52. The maximum absolute atomic E-state index is 13.2. The third-order valence-corrected chi connectivity index (χ3v) is 7.10. The standard InChI is InChI=1S/C28H35BrN4O2/c1-2-3-4-8-17-31-25-24-23(12-9-18-30-24)27(29)33-26(25)28(34)32-19-20-13-15-22(16-14-20)35-21-10-6-5-7-11-21/h9,12-16,18,21,31H,2-8,10-11,17,19H2,1H3,(H,32,34). The van der Waals surface area contributed by atoms with Crippen molar-refractivity contribution in [3.63, 3.8) is 0 Å². The Balaban J connectivity index is 1.43. The molecule has 1 aliphatic carbocycles. The van der Waals surface area contributed by atoms with Crippen LogP contribution in [0.4, 0.5) is 5.69 Å². The van der Waals surface area contributed by atoms with Gasteiger partial charge in [0.15, 0.2) is 5.69 Å². The molecule has 4 rings (SSSR count). The van der Waals surface area contributed by atoms with Crippen molar-refractivity contribution in [3.05, 3.63) is 58.5 Å². The molecule has 186 valence electrons. The van der Waals surface area contributed by atoms with Crippen molar-refractivity contribution >= 4 is 38.4 Å². The molecule has 1 aromatic carbocycles. The second-order valence-electron chi connectivity index (χ2n) is 9.22. The van der Waals surface area contributed by atoms with E-state index in [0.29, 0.717) is 28.6 Å². The molecule has 0 radical (unpaired) electrons. The molecule has 1 aliphatic rings. The zero-order valence-corrected chi connectivity index (χ0v) is 22.1. The van der Waals surface area contributed by atoms with Gasteiger partial charge in [0.2, 0.25) is 0 Å². The first-order chi connectivity index (χ1) is 17.2. The van der Waals surface area contributed by atoms with E-state index >= 15 is 0 Å². The molecule has 2 aromatic heterocycles. The molecule has 7 heteroatoms. The van der Waals surface area contributed by atoms with Gasteiger partial charge in [0.25, 0.3) is 5.91 Å². The van der Waals surface area contributed by atoms with E-state index in [1.807, 2.05) is 36.4 Å². The predicted molar refractivity (Wildman–Crippen MR) is 145 cm³/mol. The van der Waals surface area contributed by atoms with Gasteiger partial charge in [-0.15, -0.1) is 0 Å². The molecule has 0 unspecified atom stereocenters. The van der Waals surface area contributed by atoms with Crippen LogP contribution in [0.1, 0.15) is 80.8 Å². The third-order valence-electron chi connectivity index (χ3n) is 6.49. The van der Waals surface area contributed by atoms with Gasteiger partial charge in [-0.2, -0.15) is 0 Å². The van der Waals surface area contributed by atoms with Gasteiger partial charge in [-0.05, 0) is 77.9 Å². The Hall–Kier alpha value is -2.67. The number of hydrogen-bond donors (Lipinski definition) is 2. The fourth-order valence-corrected chi connectivity index (χ4v) is 5.02. The van der Waals surface area contributed by atoms with Crippen LogP contribution in [0, 0.1) is 0 Å². The number of ether oxygens (including phenoxy) is 1. The molecular formula is C28H35BrN4O2. The summed E-state index contributed by atoms with van der Waals surface area (Å²) in [7, 11) is 0. The number of unbranched alkanes of at least 4 members (excludes halogenated alkanes) is 3. The van der Waals surface area contributed by atoms with Crippen molar-refractivity contribution < 1.29 is 9.53 Å². The molecule has 3 aromatic rings. The maximum atomic E-state index is 13.2. The molecule has 1 fully saturated rings. The summed E-state index contributed by atoms with van der Waals surface area (Å²) in [5.74, 6) is 0.671. The molecule has 6 nitrogen and oxygen atoms in total. The molecule has 0 bridgehead atoms. The number of nitrogens with zero attached hydrogens (tertiary/aromatic N) is 2. The van der Waals surface area contributed by atoms with E-state index in [2.05, 4.69) is 43.5 Å². The Morgan fingerprint density at radius 2 is 1.89 bits per heavy atom. The van der Waals surface area contributed by atoms with Crippen LogP contribution in [0.3, 0.4) is 0 Å². The number of benzene rings is 1. The SMILES string of the molecule is CCCCCCNc1c(C(=O)NCc2ccc(OC3CCCCC3)cc2)nc(Br)c2cccnc12. The van der Waals surface area contributed by atoms with Gasteiger partial charge in [-0.25, -0.2) is 4.98 Å². The second kappa shape index (κ2) is 12.9. The topological polar surface area (TPSA) is 76.1 Å². The largest absolute Gasteiger partial charge is 0.490 e. The number of aromatic nitrogens is 2. The zero-order valence-electron chi connectivity index (χ0n) is 20.5. The number of rotatable bonds is 11. The number of pyridine rings is 2. The number of hydrogen-bond acceptors (Lipinski definition) is 5. The third kappa shape index (κ3) is 6.94. The van der Waals surface area contributed by atoms with Gasteiger partial charge in [0.05, 0.1) is 17.3 Å². The monoisotopic (exact) mass is 538 g/mol. The van der Waals surface area contributed by atoms with Crippen molar-refractivity contribution in [2.45, 2.75) is 77.4 Å². The summed E-state index contributed by atoms with van der Waals surface area (Å²) in [6.07, 6.45) is 12.7. The Labute approximate surface area is 216 Å². The summed E-state index contributed by atoms with van der Waals surface area (Å²) < 4.78 is 6.74. The van der Waals surface area contributed by atoms with Crippen LogP contribution < -0.4 is 15.4 Å². The Morgan fingerprint density at radius 3 is 2.66 bits per heavy atom. The van der Waals surface area contributed by atoms with Crippen molar-refractivity contribution in [3.8, 4) is 5.75 Å². The smallest absolute Gasteiger partial charge is 0.272 e. The van der Waals surface area contributed by atoms with Gasteiger partial charge in [0.1, 0.15) is 10.4 Å². The maximum Gasteiger partial charge on any atom is 0.272 e. The summed E-state index contributed by atoms with van der Waals surface area (Å²) >= 11 is 3.52. The van der Waals surface area contributed by atoms with Crippen molar-refractivity contribution in [1.29, 1.82) is 0 Å². The van der Waals surface area contributed by atoms with E-state index in [0.717, 1.165) is 54.4 Å². The number of carbonyl (C=O) groups is 1. The number of carbonyl (C=O) groups excluding carboxylic acids is 1. The molecule has 1 amide bonds. The van der Waals surface area contributed by atoms with Gasteiger partial charge in [-0.1, -0.05) is 44.7 Å². The minimum Gasteiger partial charge on any atom is -0.490 e. The van der Waals surface area contributed by atoms with E-state index in [4.69, 9.17) is 4.74 Å². The lowest BCUT2D eigenvalue weighted by Crippen LogP contribution is -2.25. The van der Waals surface area contributed by atoms with E-state index in [-0.39, 0.29) is 5.91 Å². The van der Waals surface area contributed by atoms with Crippen LogP contribution >= 0.6 is 15.9 Å². The van der Waals surface area contributed by atoms with Gasteiger partial charge in [0, 0.05) is 24.7 Å². The minimum atomic E-state index is -0.225. The number of fused-ring (bicyclic) bond motifs is 1. The number of amides is 1. The number of halogens is 1. The summed E-state index contributed by atoms with van der Waals surface area (Å²) in [6.45, 7) is 3.39. The molecule has 0 atom stereocenters. The van der Waals surface area contributed by atoms with Crippen molar-refractivity contribution in [2.24, 2.45) is 0 Å². The molecule has 35 heavy (non-hydrogen) atoms. The van der Waals surface area contributed by atoms with E-state index in [9.17, 15) is 4.79 Å². The van der Waals surface area contributed by atoms with Crippen LogP contribution in [0.2, 0.25) is 0 Å². The van der Waals surface area contributed by atoms with Crippen LogP contribution in [0.25, 0.3) is 10.9 Å². The van der Waals surface area contributed by atoms with Crippen LogP contribution in [-0.2, 0) is 6.54 Å². The Bertz CT molecular complexity index is 1110. The van der Waals surface area contributed by atoms with Crippen molar-refractivity contribution in [1.82, 2.24) is 15.3 Å². The highest BCUT2D eigenvalue weighted by atomic mass is 79.9. The molecule has 1 saturated carbocycles. The van der Waals surface area contributed by atoms with E-state index in [1.165, 1.54) is 32.1 Å². The summed E-state index contributed by atoms with van der Waals surface area (Å²) in [5.41, 5.74) is 2.81. The van der Waals surface area contributed by atoms with E-state index < -0.39 is 0 Å². The first-order valence-electron chi connectivity index (χ1n) is 12.9. The molecule has 0 spiro atoms. The number of anilines is 1. The highest BCUT2D eigenvalue weighted by Crippen LogP contribution is 2.30. The molecule has 2 heterocycles. The summed E-state index contributed by atoms with van der Waals surface area (Å²) in [5, 5.41) is 7.36. The summed E-state index contributed by atoms with van der Waals surface area (Å²) in [4.78, 5) is 22.4. The zero-order chi connectivity index (χ0) is 24.5. The first-order valence-corrected chi connectivity index (χ1v) is 13.7. The predicted octanol–water partition coefficient (Wildman–Crippen LogP) is 7.03. The lowest BCUT2D eigenvalue weighted by Gasteiger charge is -2.23. The highest BCUT2D eigenvalue weighted by Gasteiger charge is 2.20. The van der Waals surface area contributed by atoms with Gasteiger partial charge >= 0.3 is 0 Å². The fraction of sp³-hybridized carbons (Fsp3) is 0.464. The quantitative estimate of drug-likeness (QED) is 0.202. The molecule has 2 N–H and O–H groups in total. The van der Waals surface area contributed by atoms with Crippen LogP contribution in [0.5, 0.6) is 5.75 Å². The highest BCUT2D eigenvalue weighted by molar-refractivity contribution is 9.10. The summed E-state index contributed by atoms with van der Waals surface area (Å²) in [6, 6.07) is 11.8. The molecule has 0 saturated heterocycles. The number of nitrogens with one attached hydrogen (secondary N) is 2. The van der Waals surface area contributed by atoms with Crippen LogP contribution in [0.15, 0.2) is 47.2 Å². The molecular weight excluding hydrogens is 504 g/mol. The van der Waals surface area contributed by atoms with Crippen LogP contribution in [-0.4, -0.2) is 28.5 Å². The Kier molecular flexibility index (Phi) is 9.35. The first kappa shape index (κ1) is 25.4. The average molecular weight is 540 g/mol.